The van der Waals surface area contributed by atoms with Crippen molar-refractivity contribution in [2.45, 2.75) is 51.2 Å². The summed E-state index contributed by atoms with van der Waals surface area (Å²) < 4.78 is 10.6. The molecule has 0 aromatic heterocycles. The van der Waals surface area contributed by atoms with E-state index >= 15 is 0 Å². The molecule has 1 amide bonds. The van der Waals surface area contributed by atoms with Crippen molar-refractivity contribution in [3.8, 4) is 5.75 Å². The largest absolute Gasteiger partial charge is 0.467 e. The number of nitrogens with zero attached hydrogens (tertiary/aromatic N) is 1. The van der Waals surface area contributed by atoms with Crippen LogP contribution in [0.2, 0.25) is 0 Å². The first-order valence-corrected chi connectivity index (χ1v) is 8.64. The number of carbonyl (C=O) groups excluding carboxylic acids is 1. The van der Waals surface area contributed by atoms with Crippen molar-refractivity contribution in [2.75, 3.05) is 6.79 Å². The minimum Gasteiger partial charge on any atom is -0.467 e. The number of amides is 1. The standard InChI is InChI=1S/C18H22N2O5/c21-17(19-15-5-3-1-2-4-6-15)8-7-13-9-16(20(22)23)10-14-11-24-12-25-18(13)14/h7-10,15H,1-6,11-12H2,(H,19,21)/b8-7-. The van der Waals surface area contributed by atoms with Gasteiger partial charge in [-0.15, -0.1) is 0 Å². The summed E-state index contributed by atoms with van der Waals surface area (Å²) in [5.41, 5.74) is 1.09. The average Bonchev–Trinajstić information content (AvgIpc) is 2.88. The number of hydrogen-bond acceptors (Lipinski definition) is 5. The lowest BCUT2D eigenvalue weighted by Crippen LogP contribution is -2.33. The molecule has 0 unspecified atom stereocenters. The first kappa shape index (κ1) is 17.4. The summed E-state index contributed by atoms with van der Waals surface area (Å²) in [4.78, 5) is 22.8. The maximum Gasteiger partial charge on any atom is 0.270 e. The van der Waals surface area contributed by atoms with E-state index in [9.17, 15) is 14.9 Å². The third-order valence-corrected chi connectivity index (χ3v) is 4.55. The Bertz CT molecular complexity index is 678. The predicted octanol–water partition coefficient (Wildman–Crippen LogP) is 3.31. The third-order valence-electron chi connectivity index (χ3n) is 4.55. The molecule has 1 aliphatic heterocycles. The molecule has 1 N–H and O–H groups in total. The van der Waals surface area contributed by atoms with Gasteiger partial charge < -0.3 is 14.8 Å². The van der Waals surface area contributed by atoms with Crippen LogP contribution in [0.4, 0.5) is 5.69 Å². The molecule has 0 radical (unpaired) electrons. The molecule has 0 bridgehead atoms. The van der Waals surface area contributed by atoms with Gasteiger partial charge in [0.15, 0.2) is 6.79 Å². The van der Waals surface area contributed by atoms with Crippen molar-refractivity contribution in [3.05, 3.63) is 39.4 Å². The number of nitrogens with one attached hydrogen (secondary N) is 1. The zero-order chi connectivity index (χ0) is 17.6. The Balaban J connectivity index is 1.74. The van der Waals surface area contributed by atoms with Crippen LogP contribution in [-0.2, 0) is 16.1 Å². The first-order valence-electron chi connectivity index (χ1n) is 8.64. The summed E-state index contributed by atoms with van der Waals surface area (Å²) in [6.45, 7) is 0.353. The number of carbonyl (C=O) groups is 1. The van der Waals surface area contributed by atoms with E-state index in [4.69, 9.17) is 9.47 Å². The summed E-state index contributed by atoms with van der Waals surface area (Å²) in [5, 5.41) is 14.1. The van der Waals surface area contributed by atoms with E-state index in [0.717, 1.165) is 25.7 Å². The van der Waals surface area contributed by atoms with Crippen molar-refractivity contribution in [1.82, 2.24) is 5.32 Å². The number of ether oxygens (including phenoxy) is 2. The number of non-ortho nitro benzene ring substituents is 1. The fraction of sp³-hybridized carbons (Fsp3) is 0.500. The molecule has 1 aliphatic carbocycles. The maximum atomic E-state index is 12.2. The predicted molar refractivity (Wildman–Crippen MR) is 92.0 cm³/mol. The van der Waals surface area contributed by atoms with Gasteiger partial charge in [-0.05, 0) is 18.9 Å². The summed E-state index contributed by atoms with van der Waals surface area (Å²) in [7, 11) is 0. The van der Waals surface area contributed by atoms with Gasteiger partial charge in [-0.2, -0.15) is 0 Å². The molecule has 0 atom stereocenters. The van der Waals surface area contributed by atoms with Crippen LogP contribution in [0.15, 0.2) is 18.2 Å². The molecule has 1 heterocycles. The second-order valence-corrected chi connectivity index (χ2v) is 6.42. The smallest absolute Gasteiger partial charge is 0.270 e. The molecule has 25 heavy (non-hydrogen) atoms. The molecule has 1 fully saturated rings. The van der Waals surface area contributed by atoms with E-state index in [2.05, 4.69) is 5.32 Å². The van der Waals surface area contributed by atoms with E-state index in [0.29, 0.717) is 16.9 Å². The lowest BCUT2D eigenvalue weighted by Gasteiger charge is -2.19. The summed E-state index contributed by atoms with van der Waals surface area (Å²) in [5.74, 6) is 0.356. The average molecular weight is 346 g/mol. The lowest BCUT2D eigenvalue weighted by molar-refractivity contribution is -0.385. The molecular formula is C18H22N2O5. The Labute approximate surface area is 146 Å². The SMILES string of the molecule is O=C(/C=C\c1cc([N+](=O)[O-])cc2c1OCOC2)NC1CCCCCC1. The minimum atomic E-state index is -0.460. The number of nitro benzene ring substituents is 1. The van der Waals surface area contributed by atoms with Gasteiger partial charge in [0.25, 0.3) is 5.69 Å². The van der Waals surface area contributed by atoms with E-state index in [1.165, 1.54) is 31.1 Å². The molecule has 1 saturated carbocycles. The van der Waals surface area contributed by atoms with Gasteiger partial charge in [0.2, 0.25) is 5.91 Å². The van der Waals surface area contributed by atoms with Crippen LogP contribution in [-0.4, -0.2) is 23.7 Å². The molecule has 0 spiro atoms. The van der Waals surface area contributed by atoms with Gasteiger partial charge in [0.1, 0.15) is 5.75 Å². The van der Waals surface area contributed by atoms with Crippen LogP contribution in [0.25, 0.3) is 6.08 Å². The van der Waals surface area contributed by atoms with Crippen LogP contribution in [0.3, 0.4) is 0 Å². The molecule has 7 nitrogen and oxygen atoms in total. The summed E-state index contributed by atoms with van der Waals surface area (Å²) in [6, 6.07) is 3.07. The second-order valence-electron chi connectivity index (χ2n) is 6.42. The number of rotatable bonds is 4. The van der Waals surface area contributed by atoms with Gasteiger partial charge in [-0.1, -0.05) is 25.7 Å². The van der Waals surface area contributed by atoms with Crippen LogP contribution in [0, 0.1) is 10.1 Å². The van der Waals surface area contributed by atoms with Crippen molar-refractivity contribution < 1.29 is 19.2 Å². The normalized spacial score (nSPS) is 18.2. The van der Waals surface area contributed by atoms with Crippen LogP contribution < -0.4 is 10.1 Å². The third kappa shape index (κ3) is 4.57. The van der Waals surface area contributed by atoms with Gasteiger partial charge in [-0.25, -0.2) is 0 Å². The van der Waals surface area contributed by atoms with Crippen LogP contribution in [0.5, 0.6) is 5.75 Å². The zero-order valence-corrected chi connectivity index (χ0v) is 14.0. The fourth-order valence-electron chi connectivity index (χ4n) is 3.30. The van der Waals surface area contributed by atoms with Crippen molar-refractivity contribution >= 4 is 17.7 Å². The molecule has 0 saturated heterocycles. The number of fused-ring (bicyclic) bond motifs is 1. The van der Waals surface area contributed by atoms with Gasteiger partial charge in [0.05, 0.1) is 11.5 Å². The molecule has 1 aromatic rings. The summed E-state index contributed by atoms with van der Waals surface area (Å²) in [6.07, 6.45) is 9.73. The Morgan fingerprint density at radius 2 is 2.00 bits per heavy atom. The highest BCUT2D eigenvalue weighted by Crippen LogP contribution is 2.33. The highest BCUT2D eigenvalue weighted by molar-refractivity contribution is 5.92. The highest BCUT2D eigenvalue weighted by Gasteiger charge is 2.20. The minimum absolute atomic E-state index is 0.0447. The Hall–Kier alpha value is -2.41. The molecule has 2 aliphatic rings. The van der Waals surface area contributed by atoms with Crippen molar-refractivity contribution in [1.29, 1.82) is 0 Å². The second kappa shape index (κ2) is 8.11. The van der Waals surface area contributed by atoms with E-state index in [1.54, 1.807) is 6.08 Å². The molecule has 1 aromatic carbocycles. The number of nitro groups is 1. The first-order chi connectivity index (χ1) is 12.1. The van der Waals surface area contributed by atoms with E-state index < -0.39 is 4.92 Å². The zero-order valence-electron chi connectivity index (χ0n) is 14.0. The highest BCUT2D eigenvalue weighted by atomic mass is 16.7. The monoisotopic (exact) mass is 346 g/mol. The van der Waals surface area contributed by atoms with Crippen LogP contribution in [0.1, 0.15) is 49.7 Å². The van der Waals surface area contributed by atoms with Crippen LogP contribution >= 0.6 is 0 Å². The van der Waals surface area contributed by atoms with E-state index in [1.807, 2.05) is 0 Å². The Morgan fingerprint density at radius 3 is 2.72 bits per heavy atom. The topological polar surface area (TPSA) is 90.7 Å². The maximum absolute atomic E-state index is 12.2. The van der Waals surface area contributed by atoms with E-state index in [-0.39, 0.29) is 31.0 Å². The molecule has 134 valence electrons. The summed E-state index contributed by atoms with van der Waals surface area (Å²) >= 11 is 0. The lowest BCUT2D eigenvalue weighted by atomic mass is 10.1. The van der Waals surface area contributed by atoms with Gasteiger partial charge in [-0.3, -0.25) is 14.9 Å². The van der Waals surface area contributed by atoms with Gasteiger partial charge in [0, 0.05) is 35.4 Å². The van der Waals surface area contributed by atoms with Gasteiger partial charge >= 0.3 is 0 Å². The molecule has 3 rings (SSSR count). The molecule has 7 heteroatoms. The van der Waals surface area contributed by atoms with Crippen molar-refractivity contribution in [2.24, 2.45) is 0 Å². The number of benzene rings is 1. The molecular weight excluding hydrogens is 324 g/mol. The number of hydrogen-bond donors (Lipinski definition) is 1. The Kier molecular flexibility index (Phi) is 5.65. The quantitative estimate of drug-likeness (QED) is 0.391. The van der Waals surface area contributed by atoms with Crippen molar-refractivity contribution in [3.63, 3.8) is 0 Å². The Morgan fingerprint density at radius 1 is 1.24 bits per heavy atom. The fourth-order valence-corrected chi connectivity index (χ4v) is 3.30.